The standard InChI is InChI=1S/C22H28N2O3S/c1-4-26-20-14-7-6-10-17(20)11-9-15-23-22(28)24-19-13-8-12-18(16(19)3)21(25)27-5-2/h6-8,10,12-14H,4-5,9,11,15H2,1-3H3,(H2,23,24,28). The van der Waals surface area contributed by atoms with Gasteiger partial charge in [-0.2, -0.15) is 0 Å². The highest BCUT2D eigenvalue weighted by molar-refractivity contribution is 7.80. The van der Waals surface area contributed by atoms with Crippen molar-refractivity contribution < 1.29 is 14.3 Å². The van der Waals surface area contributed by atoms with Crippen LogP contribution < -0.4 is 15.4 Å². The summed E-state index contributed by atoms with van der Waals surface area (Å²) >= 11 is 5.39. The van der Waals surface area contributed by atoms with Crippen LogP contribution in [0.25, 0.3) is 0 Å². The summed E-state index contributed by atoms with van der Waals surface area (Å²) in [7, 11) is 0. The van der Waals surface area contributed by atoms with Crippen LogP contribution in [0.5, 0.6) is 5.75 Å². The molecule has 0 aliphatic heterocycles. The fourth-order valence-electron chi connectivity index (χ4n) is 2.85. The van der Waals surface area contributed by atoms with Crippen molar-refractivity contribution in [2.75, 3.05) is 25.1 Å². The van der Waals surface area contributed by atoms with Crippen LogP contribution in [0.4, 0.5) is 5.69 Å². The quantitative estimate of drug-likeness (QED) is 0.367. The van der Waals surface area contributed by atoms with Crippen molar-refractivity contribution in [2.45, 2.75) is 33.6 Å². The molecule has 0 saturated carbocycles. The normalized spacial score (nSPS) is 10.2. The van der Waals surface area contributed by atoms with Gasteiger partial charge in [-0.05, 0) is 75.2 Å². The number of hydrogen-bond donors (Lipinski definition) is 2. The summed E-state index contributed by atoms with van der Waals surface area (Å²) in [6.45, 7) is 7.41. The maximum Gasteiger partial charge on any atom is 0.338 e. The molecule has 0 fully saturated rings. The molecule has 6 heteroatoms. The monoisotopic (exact) mass is 400 g/mol. The number of hydrogen-bond acceptors (Lipinski definition) is 4. The fraction of sp³-hybridized carbons (Fsp3) is 0.364. The minimum absolute atomic E-state index is 0.324. The molecular formula is C22H28N2O3S. The average molecular weight is 401 g/mol. The van der Waals surface area contributed by atoms with Gasteiger partial charge in [-0.15, -0.1) is 0 Å². The SMILES string of the molecule is CCOC(=O)c1cccc(NC(=S)NCCCc2ccccc2OCC)c1C. The van der Waals surface area contributed by atoms with E-state index < -0.39 is 0 Å². The lowest BCUT2D eigenvalue weighted by Gasteiger charge is -2.15. The molecule has 0 unspecified atom stereocenters. The summed E-state index contributed by atoms with van der Waals surface area (Å²) in [6, 6.07) is 13.6. The van der Waals surface area contributed by atoms with E-state index in [4.69, 9.17) is 21.7 Å². The van der Waals surface area contributed by atoms with Crippen molar-refractivity contribution in [2.24, 2.45) is 0 Å². The van der Waals surface area contributed by atoms with Gasteiger partial charge in [-0.25, -0.2) is 4.79 Å². The molecule has 2 N–H and O–H groups in total. The predicted octanol–water partition coefficient (Wildman–Crippen LogP) is 4.49. The van der Waals surface area contributed by atoms with Gasteiger partial charge in [0, 0.05) is 12.2 Å². The highest BCUT2D eigenvalue weighted by Crippen LogP contribution is 2.20. The van der Waals surface area contributed by atoms with Gasteiger partial charge in [0.2, 0.25) is 0 Å². The molecule has 2 rings (SSSR count). The Bertz CT molecular complexity index is 808. The van der Waals surface area contributed by atoms with Crippen molar-refractivity contribution in [1.29, 1.82) is 0 Å². The van der Waals surface area contributed by atoms with Gasteiger partial charge >= 0.3 is 5.97 Å². The van der Waals surface area contributed by atoms with Gasteiger partial charge in [-0.3, -0.25) is 0 Å². The predicted molar refractivity (Wildman–Crippen MR) is 117 cm³/mol. The van der Waals surface area contributed by atoms with Gasteiger partial charge in [0.25, 0.3) is 0 Å². The molecule has 5 nitrogen and oxygen atoms in total. The minimum Gasteiger partial charge on any atom is -0.494 e. The summed E-state index contributed by atoms with van der Waals surface area (Å²) in [4.78, 5) is 12.0. The number of nitrogens with one attached hydrogen (secondary N) is 2. The lowest BCUT2D eigenvalue weighted by Crippen LogP contribution is -2.30. The average Bonchev–Trinajstić information content (AvgIpc) is 2.68. The van der Waals surface area contributed by atoms with E-state index in [2.05, 4.69) is 16.7 Å². The molecule has 2 aromatic carbocycles. The Morgan fingerprint density at radius 3 is 2.61 bits per heavy atom. The number of carbonyl (C=O) groups excluding carboxylic acids is 1. The highest BCUT2D eigenvalue weighted by Gasteiger charge is 2.13. The second kappa shape index (κ2) is 11.3. The van der Waals surface area contributed by atoms with Crippen molar-refractivity contribution >= 4 is 29.0 Å². The summed E-state index contributed by atoms with van der Waals surface area (Å²) in [5.41, 5.74) is 3.35. The van der Waals surface area contributed by atoms with E-state index >= 15 is 0 Å². The third kappa shape index (κ3) is 6.23. The van der Waals surface area contributed by atoms with E-state index in [-0.39, 0.29) is 5.97 Å². The zero-order valence-corrected chi connectivity index (χ0v) is 17.5. The Morgan fingerprint density at radius 1 is 1.07 bits per heavy atom. The van der Waals surface area contributed by atoms with E-state index in [1.54, 1.807) is 13.0 Å². The van der Waals surface area contributed by atoms with Crippen LogP contribution >= 0.6 is 12.2 Å². The molecule has 0 aliphatic rings. The smallest absolute Gasteiger partial charge is 0.338 e. The van der Waals surface area contributed by atoms with Crippen LogP contribution in [0.15, 0.2) is 42.5 Å². The van der Waals surface area contributed by atoms with E-state index in [9.17, 15) is 4.79 Å². The third-order valence-corrected chi connectivity index (χ3v) is 4.50. The summed E-state index contributed by atoms with van der Waals surface area (Å²) in [6.07, 6.45) is 1.83. The first-order chi connectivity index (χ1) is 13.6. The third-order valence-electron chi connectivity index (χ3n) is 4.26. The summed E-state index contributed by atoms with van der Waals surface area (Å²) in [5.74, 6) is 0.618. The first-order valence-electron chi connectivity index (χ1n) is 9.59. The van der Waals surface area contributed by atoms with Gasteiger partial charge < -0.3 is 20.1 Å². The van der Waals surface area contributed by atoms with Crippen LogP contribution in [0.3, 0.4) is 0 Å². The minimum atomic E-state index is -0.324. The Morgan fingerprint density at radius 2 is 1.86 bits per heavy atom. The van der Waals surface area contributed by atoms with Crippen molar-refractivity contribution in [3.8, 4) is 5.75 Å². The lowest BCUT2D eigenvalue weighted by atomic mass is 10.1. The van der Waals surface area contributed by atoms with Crippen molar-refractivity contribution in [3.05, 3.63) is 59.2 Å². The Hall–Kier alpha value is -2.60. The number of para-hydroxylation sites is 1. The van der Waals surface area contributed by atoms with Gasteiger partial charge in [0.1, 0.15) is 5.75 Å². The molecule has 0 spiro atoms. The Balaban J connectivity index is 1.85. The molecular weight excluding hydrogens is 372 g/mol. The molecule has 0 heterocycles. The molecule has 0 aromatic heterocycles. The Kier molecular flexibility index (Phi) is 8.75. The van der Waals surface area contributed by atoms with E-state index in [0.29, 0.717) is 23.9 Å². The number of ether oxygens (including phenoxy) is 2. The van der Waals surface area contributed by atoms with Crippen molar-refractivity contribution in [1.82, 2.24) is 5.32 Å². The number of thiocarbonyl (C=S) groups is 1. The van der Waals surface area contributed by atoms with Crippen LogP contribution in [-0.4, -0.2) is 30.8 Å². The first-order valence-corrected chi connectivity index (χ1v) is 9.99. The number of esters is 1. The molecule has 0 aliphatic carbocycles. The van der Waals surface area contributed by atoms with Gasteiger partial charge in [-0.1, -0.05) is 24.3 Å². The van der Waals surface area contributed by atoms with Crippen LogP contribution in [0.2, 0.25) is 0 Å². The maximum absolute atomic E-state index is 12.0. The molecule has 0 bridgehead atoms. The summed E-state index contributed by atoms with van der Waals surface area (Å²) in [5, 5.41) is 6.91. The fourth-order valence-corrected chi connectivity index (χ4v) is 3.07. The molecule has 2 aromatic rings. The second-order valence-electron chi connectivity index (χ2n) is 6.22. The van der Waals surface area contributed by atoms with E-state index in [1.165, 1.54) is 5.56 Å². The topological polar surface area (TPSA) is 59.6 Å². The molecule has 0 amide bonds. The van der Waals surface area contributed by atoms with Crippen LogP contribution in [0, 0.1) is 6.92 Å². The molecule has 0 saturated heterocycles. The summed E-state index contributed by atoms with van der Waals surface area (Å²) < 4.78 is 10.8. The van der Waals surface area contributed by atoms with E-state index in [1.807, 2.05) is 44.2 Å². The second-order valence-corrected chi connectivity index (χ2v) is 6.63. The lowest BCUT2D eigenvalue weighted by molar-refractivity contribution is 0.0525. The molecule has 0 atom stereocenters. The zero-order valence-electron chi connectivity index (χ0n) is 16.7. The van der Waals surface area contributed by atoms with Gasteiger partial charge in [0.05, 0.1) is 18.8 Å². The maximum atomic E-state index is 12.0. The van der Waals surface area contributed by atoms with Gasteiger partial charge in [0.15, 0.2) is 5.11 Å². The van der Waals surface area contributed by atoms with Crippen LogP contribution in [0.1, 0.15) is 41.8 Å². The number of aryl methyl sites for hydroxylation is 1. The Labute approximate surface area is 172 Å². The number of carbonyl (C=O) groups is 1. The number of rotatable bonds is 9. The van der Waals surface area contributed by atoms with E-state index in [0.717, 1.165) is 36.4 Å². The number of benzene rings is 2. The zero-order chi connectivity index (χ0) is 20.4. The molecule has 0 radical (unpaired) electrons. The van der Waals surface area contributed by atoms with Crippen LogP contribution in [-0.2, 0) is 11.2 Å². The number of anilines is 1. The molecule has 28 heavy (non-hydrogen) atoms. The van der Waals surface area contributed by atoms with Crippen molar-refractivity contribution in [3.63, 3.8) is 0 Å². The highest BCUT2D eigenvalue weighted by atomic mass is 32.1. The largest absolute Gasteiger partial charge is 0.494 e. The molecule has 150 valence electrons. The first kappa shape index (κ1) is 21.7.